The number of piperidine rings is 1. The Hall–Kier alpha value is -4.23. The average molecular weight is 598 g/mol. The molecule has 2 fully saturated rings. The maximum Gasteiger partial charge on any atom is 0.251 e. The third-order valence-corrected chi connectivity index (χ3v) is 9.36. The van der Waals surface area contributed by atoms with E-state index < -0.39 is 5.41 Å². The lowest BCUT2D eigenvalue weighted by molar-refractivity contribution is -0.131. The van der Waals surface area contributed by atoms with Crippen LogP contribution in [0.2, 0.25) is 0 Å². The Kier molecular flexibility index (Phi) is 8.80. The fourth-order valence-electron chi connectivity index (χ4n) is 7.22. The number of nitriles is 1. The number of rotatable bonds is 9. The third kappa shape index (κ3) is 5.69. The number of carbonyl (C=O) groups excluding carboxylic acids is 3. The van der Waals surface area contributed by atoms with Gasteiger partial charge < -0.3 is 26.6 Å². The van der Waals surface area contributed by atoms with E-state index in [1.165, 1.54) is 0 Å². The number of nitrogens with zero attached hydrogens (tertiary/aromatic N) is 3. The first-order chi connectivity index (χ1) is 21.0. The van der Waals surface area contributed by atoms with Gasteiger partial charge in [0, 0.05) is 43.3 Å². The fourth-order valence-corrected chi connectivity index (χ4v) is 7.22. The maximum absolute atomic E-state index is 13.3. The summed E-state index contributed by atoms with van der Waals surface area (Å²) in [5.41, 5.74) is 11.2. The van der Waals surface area contributed by atoms with Crippen LogP contribution in [-0.4, -0.2) is 73.3 Å². The highest BCUT2D eigenvalue weighted by atomic mass is 16.2. The molecule has 0 unspecified atom stereocenters. The number of nitrogens with two attached hydrogens (primary N) is 1. The van der Waals surface area contributed by atoms with Crippen molar-refractivity contribution >= 4 is 23.6 Å². The summed E-state index contributed by atoms with van der Waals surface area (Å²) in [5, 5.41) is 18.5. The van der Waals surface area contributed by atoms with Crippen molar-refractivity contribution < 1.29 is 14.4 Å². The number of aliphatic imine (C=N–C) groups is 1. The summed E-state index contributed by atoms with van der Waals surface area (Å²) >= 11 is 0. The number of hydrogen-bond acceptors (Lipinski definition) is 6. The Balaban J connectivity index is 1.58. The highest BCUT2D eigenvalue weighted by Crippen LogP contribution is 2.48. The number of amides is 3. The molecule has 10 nitrogen and oxygen atoms in total. The van der Waals surface area contributed by atoms with E-state index in [1.54, 1.807) is 19.0 Å². The molecule has 1 saturated carbocycles. The van der Waals surface area contributed by atoms with Crippen molar-refractivity contribution in [2.45, 2.75) is 82.5 Å². The number of likely N-dealkylation sites (tertiary alicyclic amines) is 1. The summed E-state index contributed by atoms with van der Waals surface area (Å²) < 4.78 is 0. The normalized spacial score (nSPS) is 22.2. The van der Waals surface area contributed by atoms with Crippen LogP contribution in [0.4, 0.5) is 0 Å². The van der Waals surface area contributed by atoms with E-state index in [4.69, 9.17) is 10.7 Å². The summed E-state index contributed by atoms with van der Waals surface area (Å²) in [6, 6.07) is 13.3. The lowest BCUT2D eigenvalue weighted by atomic mass is 9.67. The van der Waals surface area contributed by atoms with Crippen LogP contribution in [-0.2, 0) is 23.1 Å². The van der Waals surface area contributed by atoms with Crippen molar-refractivity contribution in [3.05, 3.63) is 69.8 Å². The van der Waals surface area contributed by atoms with Crippen molar-refractivity contribution in [2.24, 2.45) is 16.6 Å². The molecule has 1 saturated heterocycles. The molecule has 0 radical (unpaired) electrons. The molecule has 1 heterocycles. The smallest absolute Gasteiger partial charge is 0.251 e. The van der Waals surface area contributed by atoms with Crippen LogP contribution in [0, 0.1) is 17.2 Å². The van der Waals surface area contributed by atoms with Crippen molar-refractivity contribution in [3.63, 3.8) is 0 Å². The third-order valence-electron chi connectivity index (χ3n) is 9.36. The Morgan fingerprint density at radius 1 is 1.00 bits per heavy atom. The zero-order valence-electron chi connectivity index (χ0n) is 26.2. The van der Waals surface area contributed by atoms with Gasteiger partial charge in [-0.25, -0.2) is 0 Å². The van der Waals surface area contributed by atoms with Gasteiger partial charge >= 0.3 is 0 Å². The van der Waals surface area contributed by atoms with Gasteiger partial charge in [0.25, 0.3) is 11.8 Å². The lowest BCUT2D eigenvalue weighted by Gasteiger charge is -2.39. The SMILES string of the molecule is CNC(=O)c1ccc2c(c1)CCc1cc(C(=O)NC)ccc1C2(C[C@H](C)NCC(=O)N1[C@H](C#N)C[C@@H]2C[C@@H]21)C(N)=NC(C)C. The first-order valence-electron chi connectivity index (χ1n) is 15.5. The summed E-state index contributed by atoms with van der Waals surface area (Å²) in [6.07, 6.45) is 3.52. The lowest BCUT2D eigenvalue weighted by Crippen LogP contribution is -2.50. The predicted molar refractivity (Wildman–Crippen MR) is 169 cm³/mol. The molecule has 44 heavy (non-hydrogen) atoms. The van der Waals surface area contributed by atoms with Gasteiger partial charge in [0.05, 0.1) is 18.0 Å². The van der Waals surface area contributed by atoms with Crippen molar-refractivity contribution in [2.75, 3.05) is 20.6 Å². The monoisotopic (exact) mass is 597 g/mol. The largest absolute Gasteiger partial charge is 0.386 e. The van der Waals surface area contributed by atoms with Gasteiger partial charge in [0.2, 0.25) is 5.91 Å². The number of fused-ring (bicyclic) bond motifs is 3. The molecule has 1 aliphatic heterocycles. The molecule has 10 heteroatoms. The molecule has 5 rings (SSSR count). The van der Waals surface area contributed by atoms with Gasteiger partial charge in [0.15, 0.2) is 0 Å². The van der Waals surface area contributed by atoms with Crippen LogP contribution in [0.1, 0.15) is 83.0 Å². The van der Waals surface area contributed by atoms with E-state index in [9.17, 15) is 19.6 Å². The van der Waals surface area contributed by atoms with E-state index in [-0.39, 0.29) is 48.4 Å². The Labute approximate surface area is 259 Å². The highest BCUT2D eigenvalue weighted by Gasteiger charge is 2.54. The van der Waals surface area contributed by atoms with E-state index in [1.807, 2.05) is 57.2 Å². The first kappa shape index (κ1) is 31.2. The van der Waals surface area contributed by atoms with Gasteiger partial charge in [0.1, 0.15) is 11.9 Å². The average Bonchev–Trinajstić information content (AvgIpc) is 3.71. The Morgan fingerprint density at radius 3 is 2.07 bits per heavy atom. The number of hydrogen-bond donors (Lipinski definition) is 4. The summed E-state index contributed by atoms with van der Waals surface area (Å²) in [7, 11) is 3.22. The number of nitrogens with one attached hydrogen (secondary N) is 3. The summed E-state index contributed by atoms with van der Waals surface area (Å²) in [4.78, 5) is 45.2. The predicted octanol–water partition coefficient (Wildman–Crippen LogP) is 2.44. The van der Waals surface area contributed by atoms with Crippen molar-refractivity contribution in [3.8, 4) is 6.07 Å². The van der Waals surface area contributed by atoms with Crippen LogP contribution in [0.25, 0.3) is 0 Å². The minimum Gasteiger partial charge on any atom is -0.386 e. The molecule has 0 spiro atoms. The highest BCUT2D eigenvalue weighted by molar-refractivity contribution is 5.99. The first-order valence-corrected chi connectivity index (χ1v) is 15.5. The van der Waals surface area contributed by atoms with Crippen molar-refractivity contribution in [1.82, 2.24) is 20.9 Å². The second kappa shape index (κ2) is 12.4. The molecule has 2 aromatic rings. The molecule has 0 aromatic heterocycles. The van der Waals surface area contributed by atoms with Gasteiger partial charge in [-0.05, 0) is 105 Å². The molecule has 4 atom stereocenters. The van der Waals surface area contributed by atoms with E-state index in [2.05, 4.69) is 22.0 Å². The van der Waals surface area contributed by atoms with Gasteiger partial charge in [-0.15, -0.1) is 0 Å². The van der Waals surface area contributed by atoms with Crippen molar-refractivity contribution in [1.29, 1.82) is 5.26 Å². The second-order valence-electron chi connectivity index (χ2n) is 12.6. The summed E-state index contributed by atoms with van der Waals surface area (Å²) in [6.45, 7) is 6.11. The van der Waals surface area contributed by atoms with Gasteiger partial charge in [-0.2, -0.15) is 5.26 Å². The van der Waals surface area contributed by atoms with E-state index >= 15 is 0 Å². The number of aryl methyl sites for hydroxylation is 2. The number of amidine groups is 1. The van der Waals surface area contributed by atoms with Crippen LogP contribution < -0.4 is 21.7 Å². The Morgan fingerprint density at radius 2 is 1.57 bits per heavy atom. The Bertz CT molecular complexity index is 1470. The molecule has 2 aliphatic carbocycles. The van der Waals surface area contributed by atoms with Gasteiger partial charge in [-0.1, -0.05) is 12.1 Å². The zero-order valence-corrected chi connectivity index (χ0v) is 26.2. The molecule has 2 aromatic carbocycles. The van der Waals surface area contributed by atoms with Crippen LogP contribution in [0.15, 0.2) is 41.4 Å². The standard InChI is InChI=1S/C34H43N7O3/c1-19(2)40-33(36)34(16-20(3)39-18-30(42)41-26(17-35)14-25-15-29(25)41)27-10-8-23(31(43)37-4)12-21(27)6-7-22-13-24(32(44)38-5)9-11-28(22)34/h8-13,19-20,25-26,29,39H,6-7,14-16,18H2,1-5H3,(H2,36,40)(H,37,43)(H,38,44)/t20-,25+,26-,29-/m0/s1. The zero-order chi connectivity index (χ0) is 31.8. The van der Waals surface area contributed by atoms with Crippen LogP contribution in [0.3, 0.4) is 0 Å². The molecule has 3 aliphatic rings. The minimum atomic E-state index is -0.895. The summed E-state index contributed by atoms with van der Waals surface area (Å²) in [5.74, 6) is 0.500. The molecular weight excluding hydrogens is 554 g/mol. The topological polar surface area (TPSA) is 153 Å². The molecule has 232 valence electrons. The molecular formula is C34H43N7O3. The maximum atomic E-state index is 13.3. The van der Waals surface area contributed by atoms with E-state index in [0.717, 1.165) is 35.1 Å². The minimum absolute atomic E-state index is 0.0571. The quantitative estimate of drug-likeness (QED) is 0.257. The number of benzene rings is 2. The van der Waals surface area contributed by atoms with Gasteiger partial charge in [-0.3, -0.25) is 19.4 Å². The van der Waals surface area contributed by atoms with E-state index in [0.29, 0.717) is 42.1 Å². The second-order valence-corrected chi connectivity index (χ2v) is 12.6. The molecule has 0 bridgehead atoms. The number of carbonyl (C=O) groups is 3. The van der Waals surface area contributed by atoms with Crippen LogP contribution in [0.5, 0.6) is 0 Å². The molecule has 5 N–H and O–H groups in total. The molecule has 3 amide bonds. The fraction of sp³-hybridized carbons (Fsp3) is 0.500. The van der Waals surface area contributed by atoms with Crippen LogP contribution >= 0.6 is 0 Å².